The Kier molecular flexibility index (Phi) is 6.42. The van der Waals surface area contributed by atoms with E-state index in [0.29, 0.717) is 6.54 Å². The molecule has 134 valence electrons. The fourth-order valence-electron chi connectivity index (χ4n) is 3.07. The van der Waals surface area contributed by atoms with Crippen molar-refractivity contribution in [1.29, 1.82) is 0 Å². The quantitative estimate of drug-likeness (QED) is 0.654. The maximum Gasteiger partial charge on any atom is 0.119 e. The van der Waals surface area contributed by atoms with Crippen molar-refractivity contribution < 1.29 is 9.84 Å². The van der Waals surface area contributed by atoms with E-state index in [2.05, 4.69) is 53.4 Å². The molecule has 0 amide bonds. The number of hydrogen-bond acceptors (Lipinski definition) is 3. The van der Waals surface area contributed by atoms with Gasteiger partial charge in [-0.25, -0.2) is 0 Å². The highest BCUT2D eigenvalue weighted by atomic mass is 16.5. The molecule has 3 heteroatoms. The molecular weight excluding hydrogens is 322 g/mol. The molecule has 0 saturated heterocycles. The van der Waals surface area contributed by atoms with E-state index in [1.54, 1.807) is 7.11 Å². The number of aliphatic hydroxyl groups excluding tert-OH is 1. The largest absolute Gasteiger partial charge is 0.497 e. The number of hydrogen-bond donors (Lipinski definition) is 1. The minimum atomic E-state index is -0.572. The molecule has 0 saturated carbocycles. The van der Waals surface area contributed by atoms with Crippen LogP contribution in [0.4, 0.5) is 0 Å². The fourth-order valence-corrected chi connectivity index (χ4v) is 3.07. The van der Waals surface area contributed by atoms with Gasteiger partial charge < -0.3 is 9.84 Å². The third kappa shape index (κ3) is 5.19. The van der Waals surface area contributed by atoms with Gasteiger partial charge in [-0.2, -0.15) is 0 Å². The maximum atomic E-state index is 10.8. The van der Waals surface area contributed by atoms with Crippen molar-refractivity contribution in [3.63, 3.8) is 0 Å². The Morgan fingerprint density at radius 2 is 1.38 bits per heavy atom. The molecule has 0 fully saturated rings. The van der Waals surface area contributed by atoms with Crippen LogP contribution in [0.15, 0.2) is 84.9 Å². The Morgan fingerprint density at radius 1 is 0.808 bits per heavy atom. The van der Waals surface area contributed by atoms with Crippen LogP contribution in [-0.2, 0) is 13.1 Å². The van der Waals surface area contributed by atoms with Crippen LogP contribution in [0.3, 0.4) is 0 Å². The van der Waals surface area contributed by atoms with E-state index in [1.165, 1.54) is 11.1 Å². The van der Waals surface area contributed by atoms with Gasteiger partial charge in [0.15, 0.2) is 0 Å². The summed E-state index contributed by atoms with van der Waals surface area (Å²) in [6.07, 6.45) is -0.572. The van der Waals surface area contributed by atoms with Crippen molar-refractivity contribution in [3.8, 4) is 5.75 Å². The van der Waals surface area contributed by atoms with Gasteiger partial charge in [0, 0.05) is 19.6 Å². The fraction of sp³-hybridized carbons (Fsp3) is 0.217. The first-order chi connectivity index (χ1) is 12.7. The summed E-state index contributed by atoms with van der Waals surface area (Å²) in [6.45, 7) is 2.13. The number of nitrogens with zero attached hydrogens (tertiary/aromatic N) is 1. The predicted octanol–water partition coefficient (Wildman–Crippen LogP) is 4.43. The lowest BCUT2D eigenvalue weighted by Crippen LogP contribution is -2.28. The minimum Gasteiger partial charge on any atom is -0.497 e. The SMILES string of the molecule is COc1cccc(C(O)CN(Cc2ccccc2)Cc2ccccc2)c1. The summed E-state index contributed by atoms with van der Waals surface area (Å²) in [7, 11) is 1.64. The number of ether oxygens (including phenoxy) is 1. The molecule has 0 aliphatic rings. The number of benzene rings is 3. The lowest BCUT2D eigenvalue weighted by molar-refractivity contribution is 0.105. The van der Waals surface area contributed by atoms with Crippen LogP contribution in [0.1, 0.15) is 22.8 Å². The van der Waals surface area contributed by atoms with Gasteiger partial charge in [0.2, 0.25) is 0 Å². The summed E-state index contributed by atoms with van der Waals surface area (Å²) in [4.78, 5) is 2.27. The summed E-state index contributed by atoms with van der Waals surface area (Å²) in [5.41, 5.74) is 3.35. The highest BCUT2D eigenvalue weighted by Crippen LogP contribution is 2.21. The Hall–Kier alpha value is -2.62. The zero-order valence-corrected chi connectivity index (χ0v) is 15.1. The Bertz CT molecular complexity index is 748. The van der Waals surface area contributed by atoms with Gasteiger partial charge >= 0.3 is 0 Å². The normalized spacial score (nSPS) is 12.1. The molecule has 26 heavy (non-hydrogen) atoms. The van der Waals surface area contributed by atoms with E-state index in [1.807, 2.05) is 36.4 Å². The highest BCUT2D eigenvalue weighted by Gasteiger charge is 2.15. The third-order valence-electron chi connectivity index (χ3n) is 4.41. The van der Waals surface area contributed by atoms with Crippen molar-refractivity contribution in [3.05, 3.63) is 102 Å². The van der Waals surface area contributed by atoms with Crippen LogP contribution in [0, 0.1) is 0 Å². The monoisotopic (exact) mass is 347 g/mol. The van der Waals surface area contributed by atoms with E-state index in [0.717, 1.165) is 24.4 Å². The first-order valence-electron chi connectivity index (χ1n) is 8.87. The van der Waals surface area contributed by atoms with Crippen LogP contribution >= 0.6 is 0 Å². The summed E-state index contributed by atoms with van der Waals surface area (Å²) >= 11 is 0. The van der Waals surface area contributed by atoms with Crippen LogP contribution in [0.2, 0.25) is 0 Å². The van der Waals surface area contributed by atoms with Gasteiger partial charge in [-0.3, -0.25) is 4.90 Å². The van der Waals surface area contributed by atoms with E-state index in [-0.39, 0.29) is 0 Å². The smallest absolute Gasteiger partial charge is 0.119 e. The second kappa shape index (κ2) is 9.18. The molecule has 0 aliphatic carbocycles. The molecule has 0 spiro atoms. The number of methoxy groups -OCH3 is 1. The third-order valence-corrected chi connectivity index (χ3v) is 4.41. The average Bonchev–Trinajstić information content (AvgIpc) is 2.69. The molecule has 0 aromatic heterocycles. The molecular formula is C23H25NO2. The average molecular weight is 347 g/mol. The van der Waals surface area contributed by atoms with E-state index >= 15 is 0 Å². The summed E-state index contributed by atoms with van der Waals surface area (Å²) in [5.74, 6) is 0.763. The molecule has 0 heterocycles. The summed E-state index contributed by atoms with van der Waals surface area (Å²) < 4.78 is 5.28. The Labute approximate surface area is 155 Å². The van der Waals surface area contributed by atoms with Crippen LogP contribution < -0.4 is 4.74 Å². The Morgan fingerprint density at radius 3 is 1.92 bits per heavy atom. The molecule has 1 atom stereocenters. The number of aliphatic hydroxyl groups is 1. The zero-order valence-electron chi connectivity index (χ0n) is 15.1. The summed E-state index contributed by atoms with van der Waals surface area (Å²) in [5, 5.41) is 10.8. The zero-order chi connectivity index (χ0) is 18.2. The van der Waals surface area contributed by atoms with Crippen molar-refractivity contribution in [2.24, 2.45) is 0 Å². The van der Waals surface area contributed by atoms with Crippen molar-refractivity contribution >= 4 is 0 Å². The van der Waals surface area contributed by atoms with Crippen LogP contribution in [-0.4, -0.2) is 23.7 Å². The van der Waals surface area contributed by atoms with Gasteiger partial charge in [-0.05, 0) is 28.8 Å². The first-order valence-corrected chi connectivity index (χ1v) is 8.87. The molecule has 0 aliphatic heterocycles. The maximum absolute atomic E-state index is 10.8. The molecule has 3 aromatic carbocycles. The van der Waals surface area contributed by atoms with Crippen LogP contribution in [0.5, 0.6) is 5.75 Å². The second-order valence-electron chi connectivity index (χ2n) is 6.43. The van der Waals surface area contributed by atoms with Gasteiger partial charge in [-0.1, -0.05) is 72.8 Å². The standard InChI is InChI=1S/C23H25NO2/c1-26-22-14-8-13-21(15-22)23(25)18-24(16-19-9-4-2-5-10-19)17-20-11-6-3-7-12-20/h2-15,23,25H,16-18H2,1H3. The molecule has 3 aromatic rings. The molecule has 3 rings (SSSR count). The van der Waals surface area contributed by atoms with E-state index in [9.17, 15) is 5.11 Å². The van der Waals surface area contributed by atoms with Gasteiger partial charge in [0.1, 0.15) is 5.75 Å². The van der Waals surface area contributed by atoms with E-state index < -0.39 is 6.10 Å². The molecule has 0 bridgehead atoms. The minimum absolute atomic E-state index is 0.553. The number of rotatable bonds is 8. The van der Waals surface area contributed by atoms with Gasteiger partial charge in [0.05, 0.1) is 13.2 Å². The highest BCUT2D eigenvalue weighted by molar-refractivity contribution is 5.30. The lowest BCUT2D eigenvalue weighted by atomic mass is 10.1. The van der Waals surface area contributed by atoms with Crippen LogP contribution in [0.25, 0.3) is 0 Å². The molecule has 1 N–H and O–H groups in total. The van der Waals surface area contributed by atoms with Gasteiger partial charge in [-0.15, -0.1) is 0 Å². The second-order valence-corrected chi connectivity index (χ2v) is 6.43. The van der Waals surface area contributed by atoms with Gasteiger partial charge in [0.25, 0.3) is 0 Å². The Balaban J connectivity index is 1.75. The molecule has 1 unspecified atom stereocenters. The predicted molar refractivity (Wildman–Crippen MR) is 105 cm³/mol. The summed E-state index contributed by atoms with van der Waals surface area (Å²) in [6, 6.07) is 28.4. The van der Waals surface area contributed by atoms with E-state index in [4.69, 9.17) is 4.74 Å². The topological polar surface area (TPSA) is 32.7 Å². The molecule has 3 nitrogen and oxygen atoms in total. The van der Waals surface area contributed by atoms with Crippen molar-refractivity contribution in [2.75, 3.05) is 13.7 Å². The first kappa shape index (κ1) is 18.2. The molecule has 0 radical (unpaired) electrons. The van der Waals surface area contributed by atoms with Crippen molar-refractivity contribution in [1.82, 2.24) is 4.90 Å². The lowest BCUT2D eigenvalue weighted by Gasteiger charge is -2.26. The van der Waals surface area contributed by atoms with Crippen molar-refractivity contribution in [2.45, 2.75) is 19.2 Å².